The van der Waals surface area contributed by atoms with Crippen molar-refractivity contribution in [2.75, 3.05) is 0 Å². The fraction of sp³-hybridized carbons (Fsp3) is 0.500. The summed E-state index contributed by atoms with van der Waals surface area (Å²) >= 11 is 5.62. The lowest BCUT2D eigenvalue weighted by Gasteiger charge is -2.06. The number of alkyl halides is 2. The molecule has 0 N–H and O–H groups in total. The molecule has 0 amide bonds. The van der Waals surface area contributed by atoms with Gasteiger partial charge in [0.1, 0.15) is 5.75 Å². The summed E-state index contributed by atoms with van der Waals surface area (Å²) in [6.07, 6.45) is 0. The van der Waals surface area contributed by atoms with E-state index in [-0.39, 0.29) is 10.8 Å². The van der Waals surface area contributed by atoms with E-state index >= 15 is 0 Å². The van der Waals surface area contributed by atoms with Gasteiger partial charge in [0, 0.05) is 0 Å². The average molecular weight is 253 g/mol. The van der Waals surface area contributed by atoms with Crippen LogP contribution in [-0.2, 0) is 0 Å². The third-order valence-electron chi connectivity index (χ3n) is 1.30. The van der Waals surface area contributed by atoms with Gasteiger partial charge in [0.2, 0.25) is 0 Å². The van der Waals surface area contributed by atoms with Crippen LogP contribution in [-0.4, -0.2) is 6.61 Å². The molecule has 0 radical (unpaired) electrons. The SMILES string of the molecule is CC.CC.Cc1ccc(OC(F)F)c(Cl)c1. The van der Waals surface area contributed by atoms with E-state index in [2.05, 4.69) is 4.74 Å². The van der Waals surface area contributed by atoms with Gasteiger partial charge in [-0.05, 0) is 24.6 Å². The molecule has 0 aliphatic rings. The van der Waals surface area contributed by atoms with Crippen molar-refractivity contribution in [3.05, 3.63) is 28.8 Å². The molecule has 1 aromatic carbocycles. The van der Waals surface area contributed by atoms with Gasteiger partial charge in [0.15, 0.2) is 0 Å². The zero-order chi connectivity index (χ0) is 13.1. The fourth-order valence-electron chi connectivity index (χ4n) is 0.797. The quantitative estimate of drug-likeness (QED) is 0.694. The van der Waals surface area contributed by atoms with Crippen molar-refractivity contribution in [1.82, 2.24) is 0 Å². The second-order valence-corrected chi connectivity index (χ2v) is 2.72. The Bertz CT molecular complexity index is 278. The van der Waals surface area contributed by atoms with E-state index in [0.717, 1.165) is 5.56 Å². The number of hydrogen-bond acceptors (Lipinski definition) is 1. The molecule has 0 bridgehead atoms. The van der Waals surface area contributed by atoms with E-state index in [1.54, 1.807) is 12.1 Å². The van der Waals surface area contributed by atoms with Gasteiger partial charge in [-0.3, -0.25) is 0 Å². The molecule has 94 valence electrons. The van der Waals surface area contributed by atoms with Crippen LogP contribution >= 0.6 is 11.6 Å². The fourth-order valence-corrected chi connectivity index (χ4v) is 1.08. The zero-order valence-corrected chi connectivity index (χ0v) is 11.1. The van der Waals surface area contributed by atoms with Crippen molar-refractivity contribution >= 4 is 11.6 Å². The minimum Gasteiger partial charge on any atom is -0.433 e. The molecule has 0 saturated carbocycles. The Morgan fingerprint density at radius 1 is 1.12 bits per heavy atom. The van der Waals surface area contributed by atoms with Gasteiger partial charge >= 0.3 is 6.61 Å². The molecule has 0 aliphatic carbocycles. The van der Waals surface area contributed by atoms with Gasteiger partial charge in [0.25, 0.3) is 0 Å². The molecule has 1 nitrogen and oxygen atoms in total. The van der Waals surface area contributed by atoms with E-state index in [1.165, 1.54) is 6.07 Å². The molecule has 0 aromatic heterocycles. The smallest absolute Gasteiger partial charge is 0.387 e. The van der Waals surface area contributed by atoms with Crippen molar-refractivity contribution in [1.29, 1.82) is 0 Å². The maximum atomic E-state index is 11.7. The normalized spacial score (nSPS) is 8.56. The lowest BCUT2D eigenvalue weighted by molar-refractivity contribution is -0.0497. The van der Waals surface area contributed by atoms with Crippen LogP contribution in [0.5, 0.6) is 5.75 Å². The summed E-state index contributed by atoms with van der Waals surface area (Å²) in [5.41, 5.74) is 0.904. The van der Waals surface area contributed by atoms with E-state index in [1.807, 2.05) is 34.6 Å². The number of halogens is 3. The number of hydrogen-bond donors (Lipinski definition) is 0. The lowest BCUT2D eigenvalue weighted by atomic mass is 10.2. The van der Waals surface area contributed by atoms with Crippen LogP contribution < -0.4 is 4.74 Å². The number of rotatable bonds is 2. The van der Waals surface area contributed by atoms with E-state index in [4.69, 9.17) is 11.6 Å². The highest BCUT2D eigenvalue weighted by molar-refractivity contribution is 6.32. The molecular formula is C12H19ClF2O. The highest BCUT2D eigenvalue weighted by Crippen LogP contribution is 2.26. The summed E-state index contributed by atoms with van der Waals surface area (Å²) in [5.74, 6) is 0.0114. The van der Waals surface area contributed by atoms with Crippen LogP contribution in [0, 0.1) is 6.92 Å². The van der Waals surface area contributed by atoms with Gasteiger partial charge in [0.05, 0.1) is 5.02 Å². The first-order chi connectivity index (χ1) is 7.59. The molecular weight excluding hydrogens is 234 g/mol. The highest BCUT2D eigenvalue weighted by atomic mass is 35.5. The molecule has 0 fully saturated rings. The topological polar surface area (TPSA) is 9.23 Å². The van der Waals surface area contributed by atoms with Gasteiger partial charge in [-0.25, -0.2) is 0 Å². The Morgan fingerprint density at radius 3 is 2.00 bits per heavy atom. The van der Waals surface area contributed by atoms with Crippen LogP contribution in [0.25, 0.3) is 0 Å². The molecule has 0 spiro atoms. The maximum Gasteiger partial charge on any atom is 0.387 e. The molecule has 0 atom stereocenters. The summed E-state index contributed by atoms with van der Waals surface area (Å²) < 4.78 is 27.6. The Labute approximate surface area is 101 Å². The monoisotopic (exact) mass is 252 g/mol. The molecule has 1 aromatic rings. The maximum absolute atomic E-state index is 11.7. The molecule has 1 rings (SSSR count). The minimum atomic E-state index is -2.83. The van der Waals surface area contributed by atoms with E-state index in [0.29, 0.717) is 0 Å². The summed E-state index contributed by atoms with van der Waals surface area (Å²) in [5, 5.41) is 0.204. The predicted octanol–water partition coefficient (Wildman–Crippen LogP) is 5.30. The number of benzene rings is 1. The number of aryl methyl sites for hydroxylation is 1. The first-order valence-corrected chi connectivity index (χ1v) is 5.68. The third kappa shape index (κ3) is 7.46. The van der Waals surface area contributed by atoms with Crippen molar-refractivity contribution < 1.29 is 13.5 Å². The van der Waals surface area contributed by atoms with Crippen molar-refractivity contribution in [3.63, 3.8) is 0 Å². The Hall–Kier alpha value is -0.830. The molecule has 4 heteroatoms. The predicted molar refractivity (Wildman–Crippen MR) is 65.5 cm³/mol. The van der Waals surface area contributed by atoms with Gasteiger partial charge in [-0.1, -0.05) is 45.4 Å². The van der Waals surface area contributed by atoms with Crippen LogP contribution in [0.4, 0.5) is 8.78 Å². The summed E-state index contributed by atoms with van der Waals surface area (Å²) in [6.45, 7) is 6.99. The van der Waals surface area contributed by atoms with Crippen LogP contribution in [0.15, 0.2) is 18.2 Å². The number of ether oxygens (including phenoxy) is 1. The average Bonchev–Trinajstić information content (AvgIpc) is 2.28. The molecule has 0 heterocycles. The Balaban J connectivity index is 0. The summed E-state index contributed by atoms with van der Waals surface area (Å²) in [6, 6.07) is 4.65. The highest BCUT2D eigenvalue weighted by Gasteiger charge is 2.07. The van der Waals surface area contributed by atoms with Crippen LogP contribution in [0.3, 0.4) is 0 Å². The largest absolute Gasteiger partial charge is 0.433 e. The first-order valence-electron chi connectivity index (χ1n) is 5.30. The van der Waals surface area contributed by atoms with Crippen LogP contribution in [0.1, 0.15) is 33.3 Å². The van der Waals surface area contributed by atoms with Gasteiger partial charge < -0.3 is 4.74 Å². The van der Waals surface area contributed by atoms with Crippen molar-refractivity contribution in [3.8, 4) is 5.75 Å². The first kappa shape index (κ1) is 17.6. The Morgan fingerprint density at radius 2 is 1.62 bits per heavy atom. The molecule has 0 saturated heterocycles. The van der Waals surface area contributed by atoms with Crippen LogP contribution in [0.2, 0.25) is 5.02 Å². The van der Waals surface area contributed by atoms with Gasteiger partial charge in [-0.15, -0.1) is 0 Å². The molecule has 0 aliphatic heterocycles. The van der Waals surface area contributed by atoms with E-state index < -0.39 is 6.61 Å². The zero-order valence-electron chi connectivity index (χ0n) is 10.4. The van der Waals surface area contributed by atoms with Gasteiger partial charge in [-0.2, -0.15) is 8.78 Å². The molecule has 0 unspecified atom stereocenters. The summed E-state index contributed by atoms with van der Waals surface area (Å²) in [7, 11) is 0. The van der Waals surface area contributed by atoms with Crippen molar-refractivity contribution in [2.45, 2.75) is 41.2 Å². The third-order valence-corrected chi connectivity index (χ3v) is 1.60. The van der Waals surface area contributed by atoms with E-state index in [9.17, 15) is 8.78 Å². The lowest BCUT2D eigenvalue weighted by Crippen LogP contribution is -2.02. The second kappa shape index (κ2) is 10.7. The Kier molecular flexibility index (Phi) is 11.7. The van der Waals surface area contributed by atoms with Crippen molar-refractivity contribution in [2.24, 2.45) is 0 Å². The minimum absolute atomic E-state index is 0.0114. The standard InChI is InChI=1S/C8H7ClF2O.2C2H6/c1-5-2-3-7(6(9)4-5)12-8(10)11;2*1-2/h2-4,8H,1H3;2*1-2H3. The second-order valence-electron chi connectivity index (χ2n) is 2.31. The molecule has 16 heavy (non-hydrogen) atoms. The summed E-state index contributed by atoms with van der Waals surface area (Å²) in [4.78, 5) is 0.